The van der Waals surface area contributed by atoms with E-state index in [0.29, 0.717) is 12.6 Å². The number of hydrogen-bond acceptors (Lipinski definition) is 3. The van der Waals surface area contributed by atoms with E-state index in [2.05, 4.69) is 10.3 Å². The molecule has 1 amide bonds. The van der Waals surface area contributed by atoms with Crippen molar-refractivity contribution in [3.05, 3.63) is 30.1 Å². The Morgan fingerprint density at radius 2 is 2.06 bits per heavy atom. The van der Waals surface area contributed by atoms with Crippen LogP contribution in [0.4, 0.5) is 0 Å². The van der Waals surface area contributed by atoms with E-state index in [0.717, 1.165) is 24.9 Å². The first kappa shape index (κ1) is 11.7. The van der Waals surface area contributed by atoms with Crippen LogP contribution in [0.3, 0.4) is 0 Å². The topological polar surface area (TPSA) is 45.2 Å². The molecule has 0 spiro atoms. The zero-order valence-corrected chi connectivity index (χ0v) is 10.5. The lowest BCUT2D eigenvalue weighted by molar-refractivity contribution is -0.136. The molecule has 4 heteroatoms. The van der Waals surface area contributed by atoms with Crippen molar-refractivity contribution in [3.8, 4) is 0 Å². The van der Waals surface area contributed by atoms with Crippen LogP contribution in [-0.2, 0) is 11.3 Å². The maximum Gasteiger partial charge on any atom is 0.240 e. The summed E-state index contributed by atoms with van der Waals surface area (Å²) in [5.41, 5.74) is 1.16. The average Bonchev–Trinajstić information content (AvgIpc) is 3.20. The summed E-state index contributed by atoms with van der Waals surface area (Å²) < 4.78 is 0. The first-order valence-electron chi connectivity index (χ1n) is 6.76. The monoisotopic (exact) mass is 245 g/mol. The van der Waals surface area contributed by atoms with Gasteiger partial charge < -0.3 is 10.2 Å². The van der Waals surface area contributed by atoms with Crippen molar-refractivity contribution >= 4 is 5.91 Å². The number of carbonyl (C=O) groups excluding carboxylic acids is 1. The average molecular weight is 245 g/mol. The van der Waals surface area contributed by atoms with E-state index < -0.39 is 0 Å². The second-order valence-corrected chi connectivity index (χ2v) is 5.25. The summed E-state index contributed by atoms with van der Waals surface area (Å²) in [6.45, 7) is 1.59. The molecule has 2 aliphatic rings. The molecule has 2 fully saturated rings. The number of likely N-dealkylation sites (tertiary alicyclic amines) is 1. The lowest BCUT2D eigenvalue weighted by Crippen LogP contribution is -2.50. The molecule has 1 unspecified atom stereocenters. The summed E-state index contributed by atoms with van der Waals surface area (Å²) in [6.07, 6.45) is 8.11. The Kier molecular flexibility index (Phi) is 3.28. The van der Waals surface area contributed by atoms with Crippen LogP contribution in [0, 0.1) is 0 Å². The molecule has 1 aliphatic heterocycles. The third-order valence-electron chi connectivity index (χ3n) is 3.67. The SMILES string of the molecule is O=C1C(NC2CC2)CCCN1Cc1ccncc1. The van der Waals surface area contributed by atoms with Gasteiger partial charge in [0.2, 0.25) is 5.91 Å². The summed E-state index contributed by atoms with van der Waals surface area (Å²) in [6, 6.07) is 4.60. The van der Waals surface area contributed by atoms with Crippen molar-refractivity contribution in [1.82, 2.24) is 15.2 Å². The van der Waals surface area contributed by atoms with E-state index in [1.807, 2.05) is 17.0 Å². The third kappa shape index (κ3) is 2.70. The minimum absolute atomic E-state index is 0.0492. The molecule has 3 rings (SSSR count). The van der Waals surface area contributed by atoms with Crippen LogP contribution in [0.5, 0.6) is 0 Å². The van der Waals surface area contributed by atoms with Crippen LogP contribution in [0.25, 0.3) is 0 Å². The quantitative estimate of drug-likeness (QED) is 0.870. The van der Waals surface area contributed by atoms with E-state index in [9.17, 15) is 4.79 Å². The van der Waals surface area contributed by atoms with Gasteiger partial charge in [-0.3, -0.25) is 9.78 Å². The van der Waals surface area contributed by atoms with Gasteiger partial charge >= 0.3 is 0 Å². The van der Waals surface area contributed by atoms with E-state index >= 15 is 0 Å². The Morgan fingerprint density at radius 1 is 1.28 bits per heavy atom. The fourth-order valence-corrected chi connectivity index (χ4v) is 2.50. The van der Waals surface area contributed by atoms with Crippen molar-refractivity contribution in [3.63, 3.8) is 0 Å². The zero-order chi connectivity index (χ0) is 12.4. The molecule has 4 nitrogen and oxygen atoms in total. The van der Waals surface area contributed by atoms with E-state index in [1.165, 1.54) is 12.8 Å². The van der Waals surface area contributed by atoms with Gasteiger partial charge in [-0.1, -0.05) is 0 Å². The van der Waals surface area contributed by atoms with Gasteiger partial charge in [-0.05, 0) is 43.4 Å². The van der Waals surface area contributed by atoms with Crippen LogP contribution in [0.1, 0.15) is 31.2 Å². The van der Waals surface area contributed by atoms with Gasteiger partial charge in [-0.25, -0.2) is 0 Å². The molecule has 1 atom stereocenters. The van der Waals surface area contributed by atoms with Crippen LogP contribution in [-0.4, -0.2) is 34.4 Å². The predicted molar refractivity (Wildman–Crippen MR) is 68.8 cm³/mol. The van der Waals surface area contributed by atoms with Gasteiger partial charge in [0.05, 0.1) is 6.04 Å². The fraction of sp³-hybridized carbons (Fsp3) is 0.571. The van der Waals surface area contributed by atoms with E-state index in [1.54, 1.807) is 12.4 Å². The summed E-state index contributed by atoms with van der Waals surface area (Å²) in [5, 5.41) is 3.45. The second kappa shape index (κ2) is 5.06. The standard InChI is InChI=1S/C14H19N3O/c18-14-13(16-12-3-4-12)2-1-9-17(14)10-11-5-7-15-8-6-11/h5-8,12-13,16H,1-4,9-10H2. The molecule has 1 aliphatic carbocycles. The van der Waals surface area contributed by atoms with Crippen molar-refractivity contribution in [2.75, 3.05) is 6.54 Å². The number of pyridine rings is 1. The molecule has 1 aromatic rings. The Balaban J connectivity index is 1.62. The van der Waals surface area contributed by atoms with Crippen LogP contribution in [0.15, 0.2) is 24.5 Å². The maximum atomic E-state index is 12.3. The predicted octanol–water partition coefficient (Wildman–Crippen LogP) is 1.32. The highest BCUT2D eigenvalue weighted by atomic mass is 16.2. The highest BCUT2D eigenvalue weighted by molar-refractivity contribution is 5.82. The van der Waals surface area contributed by atoms with E-state index in [4.69, 9.17) is 0 Å². The normalized spacial score (nSPS) is 24.3. The Labute approximate surface area is 107 Å². The molecule has 0 radical (unpaired) electrons. The number of hydrogen-bond donors (Lipinski definition) is 1. The molecule has 1 saturated carbocycles. The van der Waals surface area contributed by atoms with Crippen LogP contribution in [0.2, 0.25) is 0 Å². The Bertz CT molecular complexity index is 416. The maximum absolute atomic E-state index is 12.3. The number of rotatable bonds is 4. The molecular weight excluding hydrogens is 226 g/mol. The lowest BCUT2D eigenvalue weighted by atomic mass is 10.0. The van der Waals surface area contributed by atoms with E-state index in [-0.39, 0.29) is 11.9 Å². The van der Waals surface area contributed by atoms with Gasteiger partial charge in [0.25, 0.3) is 0 Å². The molecule has 1 aromatic heterocycles. The second-order valence-electron chi connectivity index (χ2n) is 5.25. The fourth-order valence-electron chi connectivity index (χ4n) is 2.50. The first-order valence-corrected chi connectivity index (χ1v) is 6.76. The Hall–Kier alpha value is -1.42. The summed E-state index contributed by atoms with van der Waals surface area (Å²) in [7, 11) is 0. The van der Waals surface area contributed by atoms with Crippen molar-refractivity contribution in [1.29, 1.82) is 0 Å². The van der Waals surface area contributed by atoms with Gasteiger partial charge in [0, 0.05) is 31.5 Å². The Morgan fingerprint density at radius 3 is 2.78 bits per heavy atom. The molecular formula is C14H19N3O. The van der Waals surface area contributed by atoms with Crippen molar-refractivity contribution < 1.29 is 4.79 Å². The van der Waals surface area contributed by atoms with Crippen molar-refractivity contribution in [2.24, 2.45) is 0 Å². The first-order chi connectivity index (χ1) is 8.83. The molecule has 0 aromatic carbocycles. The largest absolute Gasteiger partial charge is 0.337 e. The summed E-state index contributed by atoms with van der Waals surface area (Å²) in [5.74, 6) is 0.268. The van der Waals surface area contributed by atoms with Gasteiger partial charge in [0.1, 0.15) is 0 Å². The smallest absolute Gasteiger partial charge is 0.240 e. The van der Waals surface area contributed by atoms with Gasteiger partial charge in [0.15, 0.2) is 0 Å². The molecule has 2 heterocycles. The number of carbonyl (C=O) groups is 1. The third-order valence-corrected chi connectivity index (χ3v) is 3.67. The number of nitrogens with one attached hydrogen (secondary N) is 1. The molecule has 0 bridgehead atoms. The lowest BCUT2D eigenvalue weighted by Gasteiger charge is -2.33. The van der Waals surface area contributed by atoms with Crippen LogP contribution >= 0.6 is 0 Å². The van der Waals surface area contributed by atoms with Gasteiger partial charge in [-0.2, -0.15) is 0 Å². The highest BCUT2D eigenvalue weighted by Crippen LogP contribution is 2.23. The van der Waals surface area contributed by atoms with Crippen molar-refractivity contribution in [2.45, 2.75) is 44.3 Å². The van der Waals surface area contributed by atoms with Gasteiger partial charge in [-0.15, -0.1) is 0 Å². The minimum Gasteiger partial charge on any atom is -0.337 e. The number of nitrogens with zero attached hydrogens (tertiary/aromatic N) is 2. The highest BCUT2D eigenvalue weighted by Gasteiger charge is 2.33. The summed E-state index contributed by atoms with van der Waals surface area (Å²) in [4.78, 5) is 18.3. The number of amides is 1. The minimum atomic E-state index is 0.0492. The molecule has 18 heavy (non-hydrogen) atoms. The summed E-state index contributed by atoms with van der Waals surface area (Å²) >= 11 is 0. The number of aromatic nitrogens is 1. The van der Waals surface area contributed by atoms with Crippen LogP contribution < -0.4 is 5.32 Å². The zero-order valence-electron chi connectivity index (χ0n) is 10.5. The molecule has 96 valence electrons. The number of piperidine rings is 1. The molecule has 1 saturated heterocycles. The molecule has 1 N–H and O–H groups in total.